The lowest BCUT2D eigenvalue weighted by Gasteiger charge is -2.13. The van der Waals surface area contributed by atoms with Crippen LogP contribution in [-0.2, 0) is 13.6 Å². The summed E-state index contributed by atoms with van der Waals surface area (Å²) in [6.07, 6.45) is 0.520. The van der Waals surface area contributed by atoms with Gasteiger partial charge in [0.15, 0.2) is 11.2 Å². The predicted molar refractivity (Wildman–Crippen MR) is 119 cm³/mol. The molecule has 0 N–H and O–H groups in total. The van der Waals surface area contributed by atoms with Crippen LogP contribution >= 0.6 is 11.6 Å². The van der Waals surface area contributed by atoms with Gasteiger partial charge in [-0.15, -0.1) is 11.6 Å². The third kappa shape index (κ3) is 3.03. The van der Waals surface area contributed by atoms with Crippen LogP contribution < -0.4 is 20.7 Å². The number of nitrogens with zero attached hydrogens (tertiary/aromatic N) is 5. The molecule has 0 bridgehead atoms. The highest BCUT2D eigenvalue weighted by atomic mass is 35.5. The summed E-state index contributed by atoms with van der Waals surface area (Å²) in [7, 11) is 4.80. The van der Waals surface area contributed by atoms with Crippen LogP contribution in [-0.4, -0.2) is 43.2 Å². The van der Waals surface area contributed by atoms with Crippen molar-refractivity contribution in [1.29, 1.82) is 0 Å². The molecule has 3 heterocycles. The Morgan fingerprint density at radius 2 is 1.84 bits per heavy atom. The van der Waals surface area contributed by atoms with Gasteiger partial charge in [0.2, 0.25) is 5.78 Å². The predicted octanol–water partition coefficient (Wildman–Crippen LogP) is 2.40. The van der Waals surface area contributed by atoms with Crippen LogP contribution in [0.1, 0.15) is 17.8 Å². The molecular formula is C21H24ClN5O4. The van der Waals surface area contributed by atoms with Crippen LogP contribution in [0.2, 0.25) is 0 Å². The van der Waals surface area contributed by atoms with E-state index in [0.29, 0.717) is 40.7 Å². The van der Waals surface area contributed by atoms with Crippen LogP contribution in [0.4, 0.5) is 0 Å². The molecule has 4 rings (SSSR count). The fraction of sp³-hybridized carbons (Fsp3) is 0.381. The molecule has 0 saturated carbocycles. The molecule has 0 radical (unpaired) electrons. The van der Waals surface area contributed by atoms with E-state index in [0.717, 1.165) is 17.1 Å². The lowest BCUT2D eigenvalue weighted by atomic mass is 10.2. The first-order valence-corrected chi connectivity index (χ1v) is 10.4. The highest BCUT2D eigenvalue weighted by Crippen LogP contribution is 2.32. The van der Waals surface area contributed by atoms with Gasteiger partial charge in [-0.2, -0.15) is 4.98 Å². The average Bonchev–Trinajstić information content (AvgIpc) is 3.27. The van der Waals surface area contributed by atoms with Crippen molar-refractivity contribution in [2.75, 3.05) is 20.1 Å². The number of rotatable bonds is 6. The zero-order chi connectivity index (χ0) is 22.4. The molecule has 0 amide bonds. The minimum absolute atomic E-state index is 0.253. The average molecular weight is 446 g/mol. The van der Waals surface area contributed by atoms with E-state index < -0.39 is 5.69 Å². The van der Waals surface area contributed by atoms with Crippen molar-refractivity contribution in [3.05, 3.63) is 50.4 Å². The second-order valence-corrected chi connectivity index (χ2v) is 7.68. The maximum absolute atomic E-state index is 13.3. The summed E-state index contributed by atoms with van der Waals surface area (Å²) in [4.78, 5) is 30.8. The van der Waals surface area contributed by atoms with Gasteiger partial charge in [0, 0.05) is 36.9 Å². The van der Waals surface area contributed by atoms with Crippen LogP contribution in [0.15, 0.2) is 27.8 Å². The van der Waals surface area contributed by atoms with E-state index in [-0.39, 0.29) is 12.1 Å². The summed E-state index contributed by atoms with van der Waals surface area (Å²) in [5, 5.41) is 0. The first kappa shape index (κ1) is 21.0. The molecule has 1 aromatic carbocycles. The number of methoxy groups -OCH3 is 2. The van der Waals surface area contributed by atoms with Gasteiger partial charge in [0.05, 0.1) is 19.9 Å². The van der Waals surface area contributed by atoms with Crippen LogP contribution in [0.3, 0.4) is 0 Å². The maximum atomic E-state index is 13.3. The molecule has 10 heteroatoms. The number of imidazole rings is 2. The number of hydrogen-bond acceptors (Lipinski definition) is 5. The molecule has 0 unspecified atom stereocenters. The van der Waals surface area contributed by atoms with Crippen molar-refractivity contribution >= 4 is 28.5 Å². The lowest BCUT2D eigenvalue weighted by molar-refractivity contribution is 0.393. The summed E-state index contributed by atoms with van der Waals surface area (Å²) >= 11 is 5.79. The molecule has 0 saturated heterocycles. The third-order valence-electron chi connectivity index (χ3n) is 5.66. The Balaban J connectivity index is 2.12. The molecule has 0 aliphatic heterocycles. The van der Waals surface area contributed by atoms with Gasteiger partial charge in [-0.25, -0.2) is 4.79 Å². The fourth-order valence-corrected chi connectivity index (χ4v) is 4.04. The zero-order valence-corrected chi connectivity index (χ0v) is 18.9. The van der Waals surface area contributed by atoms with E-state index in [1.807, 2.05) is 30.5 Å². The van der Waals surface area contributed by atoms with E-state index in [2.05, 4.69) is 0 Å². The Morgan fingerprint density at radius 3 is 2.48 bits per heavy atom. The molecule has 0 spiro atoms. The number of hydrogen-bond donors (Lipinski definition) is 0. The monoisotopic (exact) mass is 445 g/mol. The standard InChI is InChI=1S/C21H24ClN5O4/c1-12-13(2)27-17-18(24(3)21(29)25(19(17)28)10-6-9-22)23-20(27)26(12)15-8-7-14(30-4)11-16(15)31-5/h7-8,11H,6,9-10H2,1-5H3. The van der Waals surface area contributed by atoms with Crippen LogP contribution in [0.25, 0.3) is 22.6 Å². The number of halogens is 1. The van der Waals surface area contributed by atoms with Gasteiger partial charge in [0.1, 0.15) is 11.5 Å². The highest BCUT2D eigenvalue weighted by molar-refractivity contribution is 6.17. The highest BCUT2D eigenvalue weighted by Gasteiger charge is 2.24. The Hall–Kier alpha value is -3.20. The van der Waals surface area contributed by atoms with Gasteiger partial charge < -0.3 is 9.47 Å². The molecule has 0 fully saturated rings. The second-order valence-electron chi connectivity index (χ2n) is 7.30. The summed E-state index contributed by atoms with van der Waals surface area (Å²) in [6, 6.07) is 5.50. The normalized spacial score (nSPS) is 11.5. The van der Waals surface area contributed by atoms with Gasteiger partial charge in [-0.1, -0.05) is 0 Å². The molecular weight excluding hydrogens is 422 g/mol. The molecule has 0 atom stereocenters. The van der Waals surface area contributed by atoms with E-state index >= 15 is 0 Å². The molecule has 31 heavy (non-hydrogen) atoms. The number of fused-ring (bicyclic) bond motifs is 3. The maximum Gasteiger partial charge on any atom is 0.332 e. The van der Waals surface area contributed by atoms with E-state index in [1.165, 1.54) is 9.13 Å². The van der Waals surface area contributed by atoms with Crippen LogP contribution in [0.5, 0.6) is 11.5 Å². The number of ether oxygens (including phenoxy) is 2. The summed E-state index contributed by atoms with van der Waals surface area (Å²) in [6.45, 7) is 4.13. The quantitative estimate of drug-likeness (QED) is 0.425. The smallest absolute Gasteiger partial charge is 0.332 e. The molecule has 0 aliphatic rings. The topological polar surface area (TPSA) is 84.7 Å². The fourth-order valence-electron chi connectivity index (χ4n) is 3.92. The lowest BCUT2D eigenvalue weighted by Crippen LogP contribution is -2.39. The van der Waals surface area contributed by atoms with Gasteiger partial charge >= 0.3 is 5.69 Å². The molecule has 9 nitrogen and oxygen atoms in total. The molecule has 4 aromatic rings. The number of alkyl halides is 1. The van der Waals surface area contributed by atoms with Gasteiger partial charge in [-0.05, 0) is 32.4 Å². The van der Waals surface area contributed by atoms with Crippen molar-refractivity contribution in [1.82, 2.24) is 23.1 Å². The molecule has 3 aromatic heterocycles. The van der Waals surface area contributed by atoms with Gasteiger partial charge in [-0.3, -0.25) is 22.9 Å². The van der Waals surface area contributed by atoms with Crippen LogP contribution in [0, 0.1) is 13.8 Å². The largest absolute Gasteiger partial charge is 0.497 e. The molecule has 0 aliphatic carbocycles. The summed E-state index contributed by atoms with van der Waals surface area (Å²) in [5.74, 6) is 2.15. The van der Waals surface area contributed by atoms with Crippen molar-refractivity contribution < 1.29 is 9.47 Å². The Labute approximate surface area is 183 Å². The Bertz CT molecular complexity index is 1430. The second kappa shape index (κ2) is 7.81. The van der Waals surface area contributed by atoms with E-state index in [1.54, 1.807) is 31.7 Å². The van der Waals surface area contributed by atoms with Gasteiger partial charge in [0.25, 0.3) is 5.56 Å². The first-order valence-electron chi connectivity index (χ1n) is 9.84. The van der Waals surface area contributed by atoms with Crippen molar-refractivity contribution in [2.45, 2.75) is 26.8 Å². The summed E-state index contributed by atoms with van der Waals surface area (Å²) in [5.41, 5.74) is 2.39. The number of benzene rings is 1. The third-order valence-corrected chi connectivity index (χ3v) is 5.93. The van der Waals surface area contributed by atoms with Crippen molar-refractivity contribution in [3.63, 3.8) is 0 Å². The van der Waals surface area contributed by atoms with Crippen molar-refractivity contribution in [3.8, 4) is 17.2 Å². The Morgan fingerprint density at radius 1 is 1.10 bits per heavy atom. The first-order chi connectivity index (χ1) is 14.8. The Kier molecular flexibility index (Phi) is 5.30. The summed E-state index contributed by atoms with van der Waals surface area (Å²) < 4.78 is 17.2. The SMILES string of the molecule is COc1ccc(-n2c(C)c(C)n3c4c(=O)n(CCCCl)c(=O)n(C)c4nc23)c(OC)c1. The number of aromatic nitrogens is 5. The minimum Gasteiger partial charge on any atom is -0.497 e. The van der Waals surface area contributed by atoms with E-state index in [9.17, 15) is 9.59 Å². The number of aryl methyl sites for hydroxylation is 2. The zero-order valence-electron chi connectivity index (χ0n) is 18.1. The van der Waals surface area contributed by atoms with Crippen molar-refractivity contribution in [2.24, 2.45) is 7.05 Å². The molecule has 164 valence electrons. The minimum atomic E-state index is -0.411. The van der Waals surface area contributed by atoms with E-state index in [4.69, 9.17) is 26.1 Å².